The van der Waals surface area contributed by atoms with E-state index in [1.807, 2.05) is 0 Å². The van der Waals surface area contributed by atoms with Crippen LogP contribution in [0.5, 0.6) is 0 Å². The van der Waals surface area contributed by atoms with Crippen molar-refractivity contribution in [2.24, 2.45) is 5.92 Å². The molecule has 152 valence electrons. The minimum Gasteiger partial charge on any atom is -0.352 e. The number of hydrogen-bond donors (Lipinski definition) is 2. The molecular weight excluding hydrogens is 386 g/mol. The van der Waals surface area contributed by atoms with Gasteiger partial charge in [0.05, 0.1) is 11.3 Å². The Morgan fingerprint density at radius 3 is 2.48 bits per heavy atom. The first kappa shape index (κ1) is 22.1. The number of nitrogens with zero attached hydrogens (tertiary/aromatic N) is 1. The van der Waals surface area contributed by atoms with Crippen LogP contribution >= 0.6 is 12.4 Å². The Morgan fingerprint density at radius 2 is 1.85 bits per heavy atom. The molecule has 8 heteroatoms. The molecule has 2 aliphatic rings. The van der Waals surface area contributed by atoms with Crippen LogP contribution in [0.15, 0.2) is 29.2 Å². The number of benzene rings is 1. The summed E-state index contributed by atoms with van der Waals surface area (Å²) in [5.41, 5.74) is 0.830. The highest BCUT2D eigenvalue weighted by molar-refractivity contribution is 7.89. The van der Waals surface area contributed by atoms with Gasteiger partial charge in [-0.3, -0.25) is 4.79 Å². The van der Waals surface area contributed by atoms with Crippen molar-refractivity contribution >= 4 is 28.3 Å². The maximum atomic E-state index is 12.7. The summed E-state index contributed by atoms with van der Waals surface area (Å²) in [6.07, 6.45) is 4.27. The highest BCUT2D eigenvalue weighted by Gasteiger charge is 2.26. The summed E-state index contributed by atoms with van der Waals surface area (Å²) in [5, 5.41) is 6.39. The number of halogens is 1. The fourth-order valence-electron chi connectivity index (χ4n) is 3.66. The van der Waals surface area contributed by atoms with Gasteiger partial charge in [-0.1, -0.05) is 25.5 Å². The summed E-state index contributed by atoms with van der Waals surface area (Å²) in [6, 6.07) is 6.90. The monoisotopic (exact) mass is 415 g/mol. The molecule has 0 aliphatic carbocycles. The molecule has 0 saturated carbocycles. The molecule has 0 radical (unpaired) electrons. The van der Waals surface area contributed by atoms with Crippen molar-refractivity contribution in [2.45, 2.75) is 50.0 Å². The lowest BCUT2D eigenvalue weighted by atomic mass is 9.94. The highest BCUT2D eigenvalue weighted by atomic mass is 35.5. The van der Waals surface area contributed by atoms with Gasteiger partial charge in [0.25, 0.3) is 0 Å². The number of carbonyl (C=O) groups excluding carboxylic acids is 1. The number of nitrogens with one attached hydrogen (secondary N) is 2. The van der Waals surface area contributed by atoms with E-state index in [1.54, 1.807) is 28.6 Å². The Balaban J connectivity index is 0.00000261. The van der Waals surface area contributed by atoms with Crippen molar-refractivity contribution in [1.29, 1.82) is 0 Å². The quantitative estimate of drug-likeness (QED) is 0.770. The molecule has 2 aliphatic heterocycles. The first-order valence-electron chi connectivity index (χ1n) is 9.56. The van der Waals surface area contributed by atoms with Crippen LogP contribution in [-0.2, 0) is 21.2 Å². The molecule has 1 aromatic rings. The summed E-state index contributed by atoms with van der Waals surface area (Å²) >= 11 is 0. The average Bonchev–Trinajstić information content (AvgIpc) is 2.65. The summed E-state index contributed by atoms with van der Waals surface area (Å²) in [6.45, 7) is 5.16. The van der Waals surface area contributed by atoms with Gasteiger partial charge in [0.2, 0.25) is 15.9 Å². The minimum atomic E-state index is -3.41. The van der Waals surface area contributed by atoms with Gasteiger partial charge in [-0.25, -0.2) is 8.42 Å². The first-order valence-corrected chi connectivity index (χ1v) is 11.0. The third-order valence-electron chi connectivity index (χ3n) is 5.41. The van der Waals surface area contributed by atoms with Crippen LogP contribution in [0.4, 0.5) is 0 Å². The van der Waals surface area contributed by atoms with E-state index in [0.29, 0.717) is 23.9 Å². The zero-order valence-corrected chi connectivity index (χ0v) is 17.4. The number of rotatable bonds is 5. The maximum absolute atomic E-state index is 12.7. The molecular formula is C19H30ClN3O3S. The van der Waals surface area contributed by atoms with E-state index in [1.165, 1.54) is 0 Å². The number of sulfonamides is 1. The van der Waals surface area contributed by atoms with E-state index >= 15 is 0 Å². The number of hydrogen-bond acceptors (Lipinski definition) is 4. The zero-order valence-electron chi connectivity index (χ0n) is 15.8. The fraction of sp³-hybridized carbons (Fsp3) is 0.632. The zero-order chi connectivity index (χ0) is 18.6. The second-order valence-corrected chi connectivity index (χ2v) is 9.37. The van der Waals surface area contributed by atoms with Gasteiger partial charge in [-0.2, -0.15) is 4.31 Å². The highest BCUT2D eigenvalue weighted by Crippen LogP contribution is 2.21. The Hall–Kier alpha value is -1.15. The van der Waals surface area contributed by atoms with Gasteiger partial charge in [0.15, 0.2) is 0 Å². The molecule has 27 heavy (non-hydrogen) atoms. The van der Waals surface area contributed by atoms with E-state index in [-0.39, 0.29) is 30.8 Å². The van der Waals surface area contributed by atoms with Gasteiger partial charge in [-0.15, -0.1) is 12.4 Å². The van der Waals surface area contributed by atoms with Crippen molar-refractivity contribution in [3.8, 4) is 0 Å². The van der Waals surface area contributed by atoms with Crippen molar-refractivity contribution in [3.63, 3.8) is 0 Å². The van der Waals surface area contributed by atoms with Crippen molar-refractivity contribution in [1.82, 2.24) is 14.9 Å². The maximum Gasteiger partial charge on any atom is 0.243 e. The van der Waals surface area contributed by atoms with Crippen molar-refractivity contribution in [2.75, 3.05) is 26.2 Å². The first-order chi connectivity index (χ1) is 12.5. The van der Waals surface area contributed by atoms with E-state index in [2.05, 4.69) is 17.6 Å². The molecule has 2 N–H and O–H groups in total. The van der Waals surface area contributed by atoms with Gasteiger partial charge in [0.1, 0.15) is 0 Å². The number of carbonyl (C=O) groups is 1. The molecule has 6 nitrogen and oxygen atoms in total. The van der Waals surface area contributed by atoms with Crippen LogP contribution in [0.2, 0.25) is 0 Å². The summed E-state index contributed by atoms with van der Waals surface area (Å²) < 4.78 is 26.9. The second-order valence-electron chi connectivity index (χ2n) is 7.43. The molecule has 0 spiro atoms. The standard InChI is InChI=1S/C19H29N3O3S.ClH/c1-15-9-10-20-14-18(15)21-19(23)13-16-5-7-17(8-6-16)26(24,25)22-11-3-2-4-12-22;/h5-8,15,18,20H,2-4,9-14H2,1H3,(H,21,23);1H. The third-order valence-corrected chi connectivity index (χ3v) is 7.33. The summed E-state index contributed by atoms with van der Waals surface area (Å²) in [7, 11) is -3.41. The van der Waals surface area contributed by atoms with Crippen molar-refractivity contribution < 1.29 is 13.2 Å². The second kappa shape index (κ2) is 9.87. The largest absolute Gasteiger partial charge is 0.352 e. The Kier molecular flexibility index (Phi) is 8.09. The van der Waals surface area contributed by atoms with Gasteiger partial charge in [-0.05, 0) is 49.4 Å². The number of piperidine rings is 2. The molecule has 0 aromatic heterocycles. The minimum absolute atomic E-state index is 0. The van der Waals surface area contributed by atoms with E-state index in [0.717, 1.165) is 44.3 Å². The molecule has 2 unspecified atom stereocenters. The van der Waals surface area contributed by atoms with Crippen LogP contribution in [0.25, 0.3) is 0 Å². The molecule has 1 amide bonds. The van der Waals surface area contributed by atoms with Gasteiger partial charge < -0.3 is 10.6 Å². The summed E-state index contributed by atoms with van der Waals surface area (Å²) in [4.78, 5) is 12.6. The molecule has 3 rings (SSSR count). The third kappa shape index (κ3) is 5.67. The fourth-order valence-corrected chi connectivity index (χ4v) is 5.18. The predicted octanol–water partition coefficient (Wildman–Crippen LogP) is 1.94. The van der Waals surface area contributed by atoms with Crippen LogP contribution < -0.4 is 10.6 Å². The molecule has 2 saturated heterocycles. The molecule has 1 aromatic carbocycles. The van der Waals surface area contributed by atoms with Crippen LogP contribution in [0.1, 0.15) is 38.2 Å². The van der Waals surface area contributed by atoms with Crippen molar-refractivity contribution in [3.05, 3.63) is 29.8 Å². The topological polar surface area (TPSA) is 78.5 Å². The van der Waals surface area contributed by atoms with E-state index in [9.17, 15) is 13.2 Å². The molecule has 2 heterocycles. The lowest BCUT2D eigenvalue weighted by molar-refractivity contribution is -0.121. The smallest absolute Gasteiger partial charge is 0.243 e. The Labute approximate surface area is 168 Å². The summed E-state index contributed by atoms with van der Waals surface area (Å²) in [5.74, 6) is 0.453. The predicted molar refractivity (Wildman–Crippen MR) is 109 cm³/mol. The lowest BCUT2D eigenvalue weighted by Gasteiger charge is -2.30. The van der Waals surface area contributed by atoms with Crippen LogP contribution in [0.3, 0.4) is 0 Å². The average molecular weight is 416 g/mol. The van der Waals surface area contributed by atoms with Gasteiger partial charge in [0, 0.05) is 25.7 Å². The Morgan fingerprint density at radius 1 is 1.19 bits per heavy atom. The molecule has 0 bridgehead atoms. The normalized spacial score (nSPS) is 24.0. The SMILES string of the molecule is CC1CCNCC1NC(=O)Cc1ccc(S(=O)(=O)N2CCCCC2)cc1.Cl. The van der Waals surface area contributed by atoms with E-state index in [4.69, 9.17) is 0 Å². The number of amides is 1. The van der Waals surface area contributed by atoms with E-state index < -0.39 is 10.0 Å². The Bertz CT molecular complexity index is 718. The van der Waals surface area contributed by atoms with Crippen LogP contribution in [0, 0.1) is 5.92 Å². The lowest BCUT2D eigenvalue weighted by Crippen LogP contribution is -2.50. The van der Waals surface area contributed by atoms with Crippen LogP contribution in [-0.4, -0.2) is 50.9 Å². The molecule has 2 fully saturated rings. The molecule has 2 atom stereocenters. The van der Waals surface area contributed by atoms with Gasteiger partial charge >= 0.3 is 0 Å².